The fourth-order valence-electron chi connectivity index (χ4n) is 3.83. The quantitative estimate of drug-likeness (QED) is 0.352. The summed E-state index contributed by atoms with van der Waals surface area (Å²) < 4.78 is 20.3. The predicted octanol–water partition coefficient (Wildman–Crippen LogP) is 2.39. The topological polar surface area (TPSA) is 76.4 Å². The molecular formula is C20H28FIN6O. The van der Waals surface area contributed by atoms with Gasteiger partial charge in [-0.3, -0.25) is 4.99 Å². The summed E-state index contributed by atoms with van der Waals surface area (Å²) in [6.45, 7) is 1.99. The van der Waals surface area contributed by atoms with E-state index in [-0.39, 0.29) is 41.3 Å². The molecule has 0 spiro atoms. The van der Waals surface area contributed by atoms with Gasteiger partial charge >= 0.3 is 0 Å². The predicted molar refractivity (Wildman–Crippen MR) is 120 cm³/mol. The molecule has 0 saturated heterocycles. The number of guanidine groups is 1. The second-order valence-electron chi connectivity index (χ2n) is 7.65. The number of aliphatic imine (C=N–C) groups is 1. The van der Waals surface area contributed by atoms with Crippen molar-refractivity contribution in [2.45, 2.75) is 50.3 Å². The van der Waals surface area contributed by atoms with Crippen LogP contribution in [0.1, 0.15) is 36.5 Å². The summed E-state index contributed by atoms with van der Waals surface area (Å²) in [5.74, 6) is 2.35. The zero-order valence-electron chi connectivity index (χ0n) is 16.8. The summed E-state index contributed by atoms with van der Waals surface area (Å²) in [6.07, 6.45) is 4.08. The molecule has 4 rings (SSSR count). The Morgan fingerprint density at radius 1 is 1.34 bits per heavy atom. The van der Waals surface area contributed by atoms with Crippen LogP contribution in [0.3, 0.4) is 0 Å². The highest BCUT2D eigenvalue weighted by Crippen LogP contribution is 2.47. The molecule has 1 aromatic carbocycles. The van der Waals surface area contributed by atoms with Crippen LogP contribution in [-0.2, 0) is 29.7 Å². The summed E-state index contributed by atoms with van der Waals surface area (Å²) >= 11 is 0. The number of aryl methyl sites for hydroxylation is 1. The molecule has 1 atom stereocenters. The van der Waals surface area contributed by atoms with Crippen LogP contribution in [0.25, 0.3) is 0 Å². The van der Waals surface area contributed by atoms with Crippen LogP contribution in [0.2, 0.25) is 0 Å². The molecule has 158 valence electrons. The highest BCUT2D eigenvalue weighted by Gasteiger charge is 2.44. The SMILES string of the molecule is CN=C(NCC1(c2ccc(F)cc2)CC1)NC1CCc2nc(COC)nn2C1.I. The van der Waals surface area contributed by atoms with Gasteiger partial charge < -0.3 is 15.4 Å². The van der Waals surface area contributed by atoms with Gasteiger partial charge in [-0.05, 0) is 37.0 Å². The molecule has 2 heterocycles. The second kappa shape index (κ2) is 9.38. The van der Waals surface area contributed by atoms with Crippen molar-refractivity contribution >= 4 is 29.9 Å². The average molecular weight is 514 g/mol. The lowest BCUT2D eigenvalue weighted by Gasteiger charge is -2.26. The van der Waals surface area contributed by atoms with E-state index in [0.29, 0.717) is 6.61 Å². The summed E-state index contributed by atoms with van der Waals surface area (Å²) in [5, 5.41) is 11.5. The van der Waals surface area contributed by atoms with E-state index in [4.69, 9.17) is 4.74 Å². The number of methoxy groups -OCH3 is 1. The third-order valence-corrected chi connectivity index (χ3v) is 5.64. The van der Waals surface area contributed by atoms with Gasteiger partial charge in [-0.15, -0.1) is 24.0 Å². The van der Waals surface area contributed by atoms with Crippen molar-refractivity contribution in [1.82, 2.24) is 25.4 Å². The molecule has 2 aliphatic rings. The molecular weight excluding hydrogens is 486 g/mol. The third kappa shape index (κ3) is 5.06. The van der Waals surface area contributed by atoms with E-state index in [2.05, 4.69) is 25.7 Å². The number of aromatic nitrogens is 3. The van der Waals surface area contributed by atoms with Crippen molar-refractivity contribution in [3.05, 3.63) is 47.3 Å². The van der Waals surface area contributed by atoms with Gasteiger partial charge in [-0.2, -0.15) is 5.10 Å². The number of halogens is 2. The lowest BCUT2D eigenvalue weighted by Crippen LogP contribution is -2.48. The zero-order chi connectivity index (χ0) is 19.6. The number of benzene rings is 1. The molecule has 1 fully saturated rings. The summed E-state index contributed by atoms with van der Waals surface area (Å²) in [7, 11) is 3.44. The molecule has 0 radical (unpaired) electrons. The lowest BCUT2D eigenvalue weighted by molar-refractivity contribution is 0.177. The Hall–Kier alpha value is -1.75. The van der Waals surface area contributed by atoms with Gasteiger partial charge in [0.2, 0.25) is 0 Å². The van der Waals surface area contributed by atoms with Crippen molar-refractivity contribution in [3.63, 3.8) is 0 Å². The highest BCUT2D eigenvalue weighted by molar-refractivity contribution is 14.0. The average Bonchev–Trinajstić information content (AvgIpc) is 3.38. The summed E-state index contributed by atoms with van der Waals surface area (Å²) in [6, 6.07) is 7.11. The van der Waals surface area contributed by atoms with Crippen LogP contribution in [0, 0.1) is 5.82 Å². The molecule has 29 heavy (non-hydrogen) atoms. The van der Waals surface area contributed by atoms with Crippen LogP contribution in [0.5, 0.6) is 0 Å². The Morgan fingerprint density at radius 2 is 2.10 bits per heavy atom. The minimum Gasteiger partial charge on any atom is -0.377 e. The first-order chi connectivity index (χ1) is 13.6. The molecule has 7 nitrogen and oxygen atoms in total. The van der Waals surface area contributed by atoms with Gasteiger partial charge in [-0.25, -0.2) is 14.1 Å². The van der Waals surface area contributed by atoms with E-state index in [9.17, 15) is 4.39 Å². The Morgan fingerprint density at radius 3 is 2.76 bits per heavy atom. The maximum Gasteiger partial charge on any atom is 0.191 e. The van der Waals surface area contributed by atoms with E-state index >= 15 is 0 Å². The normalized spacial score (nSPS) is 19.8. The number of ether oxygens (including phenoxy) is 1. The first kappa shape index (κ1) is 21.9. The molecule has 1 aliphatic carbocycles. The molecule has 9 heteroatoms. The van der Waals surface area contributed by atoms with Crippen molar-refractivity contribution in [3.8, 4) is 0 Å². The maximum atomic E-state index is 13.2. The summed E-state index contributed by atoms with van der Waals surface area (Å²) in [5.41, 5.74) is 1.28. The Balaban J connectivity index is 0.00000240. The molecule has 1 aliphatic heterocycles. The van der Waals surface area contributed by atoms with Crippen molar-refractivity contribution < 1.29 is 9.13 Å². The maximum absolute atomic E-state index is 13.2. The number of rotatable bonds is 6. The van der Waals surface area contributed by atoms with Gasteiger partial charge in [0.1, 0.15) is 18.2 Å². The number of hydrogen-bond acceptors (Lipinski definition) is 4. The van der Waals surface area contributed by atoms with Crippen LogP contribution in [0.4, 0.5) is 4.39 Å². The van der Waals surface area contributed by atoms with E-state index in [1.54, 1.807) is 14.2 Å². The van der Waals surface area contributed by atoms with Gasteiger partial charge in [0, 0.05) is 38.6 Å². The van der Waals surface area contributed by atoms with Gasteiger partial charge in [0.15, 0.2) is 11.8 Å². The Labute approximate surface area is 187 Å². The van der Waals surface area contributed by atoms with Crippen molar-refractivity contribution in [2.24, 2.45) is 4.99 Å². The van der Waals surface area contributed by atoms with E-state index in [1.165, 1.54) is 17.7 Å². The van der Waals surface area contributed by atoms with Gasteiger partial charge in [-0.1, -0.05) is 12.1 Å². The molecule has 0 bridgehead atoms. The molecule has 1 aromatic heterocycles. The number of nitrogens with one attached hydrogen (secondary N) is 2. The lowest BCUT2D eigenvalue weighted by atomic mass is 9.96. The van der Waals surface area contributed by atoms with Crippen LogP contribution in [-0.4, -0.2) is 47.5 Å². The second-order valence-corrected chi connectivity index (χ2v) is 7.65. The van der Waals surface area contributed by atoms with Gasteiger partial charge in [0.25, 0.3) is 0 Å². The Kier molecular flexibility index (Phi) is 7.10. The Bertz CT molecular complexity index is 849. The monoisotopic (exact) mass is 514 g/mol. The van der Waals surface area contributed by atoms with E-state index in [0.717, 1.165) is 56.4 Å². The number of fused-ring (bicyclic) bond motifs is 1. The summed E-state index contributed by atoms with van der Waals surface area (Å²) in [4.78, 5) is 8.90. The van der Waals surface area contributed by atoms with Crippen LogP contribution >= 0.6 is 24.0 Å². The first-order valence-electron chi connectivity index (χ1n) is 9.77. The minimum absolute atomic E-state index is 0. The van der Waals surface area contributed by atoms with Gasteiger partial charge in [0.05, 0.1) is 6.54 Å². The van der Waals surface area contributed by atoms with Crippen molar-refractivity contribution in [1.29, 1.82) is 0 Å². The molecule has 1 unspecified atom stereocenters. The smallest absolute Gasteiger partial charge is 0.191 e. The highest BCUT2D eigenvalue weighted by atomic mass is 127. The molecule has 1 saturated carbocycles. The zero-order valence-corrected chi connectivity index (χ0v) is 19.2. The molecule has 0 amide bonds. The molecule has 2 aromatic rings. The van der Waals surface area contributed by atoms with E-state index in [1.807, 2.05) is 16.8 Å². The fraction of sp³-hybridized carbons (Fsp3) is 0.550. The minimum atomic E-state index is -0.191. The standard InChI is InChI=1S/C20H27FN6O.HI/c1-22-19(23-13-20(9-10-20)14-3-5-15(21)6-4-14)24-16-7-8-18-25-17(12-28-2)26-27(18)11-16;/h3-6,16H,7-13H2,1-2H3,(H2,22,23,24);1H. The number of nitrogens with zero attached hydrogens (tertiary/aromatic N) is 4. The first-order valence-corrected chi connectivity index (χ1v) is 9.77. The largest absolute Gasteiger partial charge is 0.377 e. The van der Waals surface area contributed by atoms with E-state index < -0.39 is 0 Å². The van der Waals surface area contributed by atoms with Crippen molar-refractivity contribution in [2.75, 3.05) is 20.7 Å². The molecule has 2 N–H and O–H groups in total. The number of hydrogen-bond donors (Lipinski definition) is 2. The van der Waals surface area contributed by atoms with Crippen LogP contribution in [0.15, 0.2) is 29.3 Å². The third-order valence-electron chi connectivity index (χ3n) is 5.64. The van der Waals surface area contributed by atoms with Crippen LogP contribution < -0.4 is 10.6 Å². The fourth-order valence-corrected chi connectivity index (χ4v) is 3.83.